The van der Waals surface area contributed by atoms with E-state index in [9.17, 15) is 5.21 Å². The van der Waals surface area contributed by atoms with E-state index in [-0.39, 0.29) is 6.10 Å². The van der Waals surface area contributed by atoms with Gasteiger partial charge < -0.3 is 24.2 Å². The third kappa shape index (κ3) is 2.69. The molecule has 2 aliphatic rings. The molecule has 0 radical (unpaired) electrons. The molecule has 2 heterocycles. The molecule has 2 saturated heterocycles. The Hall–Kier alpha value is -0.870. The predicted octanol–water partition coefficient (Wildman–Crippen LogP) is 1.49. The van der Waals surface area contributed by atoms with Crippen LogP contribution in [0.1, 0.15) is 27.7 Å². The molecule has 0 aliphatic carbocycles. The molecule has 0 bridgehead atoms. The van der Waals surface area contributed by atoms with Crippen LogP contribution >= 0.6 is 0 Å². The molecule has 96 valence electrons. The van der Waals surface area contributed by atoms with Crippen LogP contribution in [0, 0.1) is 11.3 Å². The van der Waals surface area contributed by atoms with Crippen LogP contribution in [0.25, 0.3) is 5.01 Å². The van der Waals surface area contributed by atoms with Crippen molar-refractivity contribution in [3.05, 3.63) is 10.2 Å². The summed E-state index contributed by atoms with van der Waals surface area (Å²) in [6.07, 6.45) is -1.33. The molecule has 17 heavy (non-hydrogen) atoms. The molecule has 6 heteroatoms. The Morgan fingerprint density at radius 2 is 1.82 bits per heavy atom. The van der Waals surface area contributed by atoms with Gasteiger partial charge >= 0.3 is 6.07 Å². The first-order chi connectivity index (χ1) is 7.83. The van der Waals surface area contributed by atoms with E-state index >= 15 is 0 Å². The van der Waals surface area contributed by atoms with Gasteiger partial charge in [-0.25, -0.2) is 0 Å². The second kappa shape index (κ2) is 4.10. The molecule has 0 amide bonds. The van der Waals surface area contributed by atoms with E-state index in [0.29, 0.717) is 6.61 Å². The summed E-state index contributed by atoms with van der Waals surface area (Å²) in [6.45, 7) is 7.59. The van der Waals surface area contributed by atoms with Crippen LogP contribution in [0.3, 0.4) is 0 Å². The normalized spacial score (nSPS) is 38.7. The van der Waals surface area contributed by atoms with Crippen molar-refractivity contribution in [3.8, 4) is 6.07 Å². The lowest BCUT2D eigenvalue weighted by Gasteiger charge is -2.21. The highest BCUT2D eigenvalue weighted by atomic mass is 16.8. The van der Waals surface area contributed by atoms with Crippen LogP contribution in [0.15, 0.2) is 0 Å². The molecule has 2 fully saturated rings. The molecule has 0 N–H and O–H groups in total. The van der Waals surface area contributed by atoms with E-state index in [0.717, 1.165) is 0 Å². The van der Waals surface area contributed by atoms with Crippen molar-refractivity contribution in [2.24, 2.45) is 0 Å². The van der Waals surface area contributed by atoms with E-state index in [1.807, 2.05) is 13.8 Å². The van der Waals surface area contributed by atoms with Crippen LogP contribution in [0.5, 0.6) is 0 Å². The van der Waals surface area contributed by atoms with E-state index in [1.54, 1.807) is 13.8 Å². The van der Waals surface area contributed by atoms with Crippen LogP contribution < -0.4 is 0 Å². The Labute approximate surface area is 100 Å². The fourth-order valence-electron chi connectivity index (χ4n) is 2.09. The summed E-state index contributed by atoms with van der Waals surface area (Å²) >= 11 is 0. The lowest BCUT2D eigenvalue weighted by molar-refractivity contribution is -0.174. The van der Waals surface area contributed by atoms with Gasteiger partial charge in [0.05, 0.1) is 6.61 Å². The fourth-order valence-corrected chi connectivity index (χ4v) is 2.09. The fraction of sp³-hybridized carbons (Fsp3) is 0.909. The second-order valence-electron chi connectivity index (χ2n) is 5.11. The third-order valence-corrected chi connectivity index (χ3v) is 2.71. The number of ether oxygens (including phenoxy) is 4. The summed E-state index contributed by atoms with van der Waals surface area (Å²) in [7, 11) is 0. The number of hydrogen-bond acceptors (Lipinski definition) is 5. The molecule has 0 saturated carbocycles. The molecule has 0 aromatic heterocycles. The Morgan fingerprint density at radius 1 is 1.12 bits per heavy atom. The lowest BCUT2D eigenvalue weighted by atomic mass is 10.1. The lowest BCUT2D eigenvalue weighted by Crippen LogP contribution is -2.37. The highest BCUT2D eigenvalue weighted by Crippen LogP contribution is 2.35. The summed E-state index contributed by atoms with van der Waals surface area (Å²) in [5.41, 5.74) is 0. The van der Waals surface area contributed by atoms with E-state index in [4.69, 9.17) is 18.9 Å². The second-order valence-corrected chi connectivity index (χ2v) is 5.11. The Bertz CT molecular complexity index is 357. The van der Waals surface area contributed by atoms with Gasteiger partial charge in [0.25, 0.3) is 0 Å². The molecule has 3 atom stereocenters. The van der Waals surface area contributed by atoms with Crippen molar-refractivity contribution >= 4 is 0 Å². The molecule has 2 rings (SSSR count). The zero-order valence-electron chi connectivity index (χ0n) is 10.4. The molecule has 6 nitrogen and oxygen atoms in total. The van der Waals surface area contributed by atoms with E-state index in [1.165, 1.54) is 0 Å². The maximum atomic E-state index is 10.3. The van der Waals surface area contributed by atoms with Gasteiger partial charge in [0, 0.05) is 5.01 Å². The average Bonchev–Trinajstić information content (AvgIpc) is 2.67. The summed E-state index contributed by atoms with van der Waals surface area (Å²) in [6, 6.07) is 2.34. The molecule has 0 aromatic carbocycles. The number of nitrogens with zero attached hydrogens (tertiary/aromatic N) is 1. The maximum absolute atomic E-state index is 10.3. The summed E-state index contributed by atoms with van der Waals surface area (Å²) < 4.78 is 22.4. The van der Waals surface area contributed by atoms with Gasteiger partial charge in [-0.05, 0) is 27.7 Å². The zero-order chi connectivity index (χ0) is 12.7. The van der Waals surface area contributed by atoms with E-state index < -0.39 is 23.8 Å². The minimum atomic E-state index is -0.775. The quantitative estimate of drug-likeness (QED) is 0.653. The summed E-state index contributed by atoms with van der Waals surface area (Å²) in [5.74, 6) is -1.41. The molecule has 2 aliphatic heterocycles. The van der Waals surface area contributed by atoms with Crippen LogP contribution in [0.4, 0.5) is 0 Å². The van der Waals surface area contributed by atoms with Crippen molar-refractivity contribution in [1.82, 2.24) is 0 Å². The SMILES string of the molecule is CC1(C)O[C@@H]([C@@H]2COC(C)(C)O2)[C@H](C#[N+][O-])O1. The van der Waals surface area contributed by atoms with Gasteiger partial charge in [-0.2, -0.15) is 0 Å². The highest BCUT2D eigenvalue weighted by Gasteiger charge is 2.51. The van der Waals surface area contributed by atoms with Gasteiger partial charge in [0.15, 0.2) is 11.6 Å². The molecule has 0 spiro atoms. The third-order valence-electron chi connectivity index (χ3n) is 2.71. The minimum Gasteiger partial charge on any atom is -0.498 e. The first kappa shape index (κ1) is 12.6. The van der Waals surface area contributed by atoms with Crippen molar-refractivity contribution in [1.29, 1.82) is 0 Å². The first-order valence-corrected chi connectivity index (χ1v) is 5.58. The van der Waals surface area contributed by atoms with Crippen LogP contribution in [-0.4, -0.2) is 36.5 Å². The first-order valence-electron chi connectivity index (χ1n) is 5.58. The van der Waals surface area contributed by atoms with Crippen molar-refractivity contribution < 1.29 is 18.9 Å². The summed E-state index contributed by atoms with van der Waals surface area (Å²) in [5, 5.41) is 12.9. The zero-order valence-corrected chi connectivity index (χ0v) is 10.4. The number of rotatable bonds is 1. The van der Waals surface area contributed by atoms with Crippen molar-refractivity contribution in [2.45, 2.75) is 57.6 Å². The summed E-state index contributed by atoms with van der Waals surface area (Å²) in [4.78, 5) is 0. The largest absolute Gasteiger partial charge is 0.498 e. The molecule has 0 unspecified atom stereocenters. The molecular weight excluding hydrogens is 226 g/mol. The van der Waals surface area contributed by atoms with Gasteiger partial charge in [-0.15, -0.1) is 0 Å². The predicted molar refractivity (Wildman–Crippen MR) is 59.3 cm³/mol. The Kier molecular flexibility index (Phi) is 3.04. The minimum absolute atomic E-state index is 0.286. The molecular formula is C11H17NO5. The van der Waals surface area contributed by atoms with Crippen LogP contribution in [0.2, 0.25) is 0 Å². The Morgan fingerprint density at radius 3 is 2.35 bits per heavy atom. The maximum Gasteiger partial charge on any atom is 0.333 e. The van der Waals surface area contributed by atoms with E-state index in [2.05, 4.69) is 11.1 Å². The highest BCUT2D eigenvalue weighted by molar-refractivity contribution is 5.06. The Balaban J connectivity index is 2.11. The van der Waals surface area contributed by atoms with Crippen molar-refractivity contribution in [2.75, 3.05) is 6.61 Å². The van der Waals surface area contributed by atoms with Gasteiger partial charge in [0.2, 0.25) is 6.10 Å². The van der Waals surface area contributed by atoms with Gasteiger partial charge in [-0.1, -0.05) is 0 Å². The topological polar surface area (TPSA) is 64.3 Å². The van der Waals surface area contributed by atoms with Crippen LogP contribution in [-0.2, 0) is 18.9 Å². The smallest absolute Gasteiger partial charge is 0.333 e. The van der Waals surface area contributed by atoms with Crippen molar-refractivity contribution in [3.63, 3.8) is 0 Å². The molecule has 0 aromatic rings. The standard InChI is InChI=1S/C11H17NO5/c1-10(2)14-6-8(16-10)9-7(5-12-13)15-11(3,4)17-9/h7-9H,6H2,1-4H3/t7-,8-,9+/m0/s1. The van der Waals surface area contributed by atoms with Gasteiger partial charge in [0.1, 0.15) is 12.2 Å². The average molecular weight is 243 g/mol. The van der Waals surface area contributed by atoms with Gasteiger partial charge in [-0.3, -0.25) is 0 Å². The number of hydrogen-bond donors (Lipinski definition) is 0. The monoisotopic (exact) mass is 243 g/mol.